The molecule has 0 radical (unpaired) electrons. The zero-order valence-corrected chi connectivity index (χ0v) is 12.1. The Labute approximate surface area is 120 Å². The molecule has 1 aliphatic rings. The summed E-state index contributed by atoms with van der Waals surface area (Å²) in [6.45, 7) is 4.38. The van der Waals surface area contributed by atoms with Crippen LogP contribution in [0.15, 0.2) is 18.5 Å². The van der Waals surface area contributed by atoms with Gasteiger partial charge in [0.1, 0.15) is 0 Å². The van der Waals surface area contributed by atoms with E-state index in [1.54, 1.807) is 6.07 Å². The van der Waals surface area contributed by atoms with Crippen molar-refractivity contribution in [1.29, 1.82) is 0 Å². The van der Waals surface area contributed by atoms with E-state index in [2.05, 4.69) is 20.4 Å². The molecule has 0 aliphatic carbocycles. The predicted octanol–water partition coefficient (Wildman–Crippen LogP) is 1.86. The molecule has 2 rings (SSSR count). The molecule has 1 aromatic heterocycles. The summed E-state index contributed by atoms with van der Waals surface area (Å²) in [5, 5.41) is 10.3. The number of aromatic nitrogens is 2. The molecular formula is C15H24N4O. The minimum absolute atomic E-state index is 0.0605. The van der Waals surface area contributed by atoms with Crippen molar-refractivity contribution < 1.29 is 4.79 Å². The van der Waals surface area contributed by atoms with Crippen LogP contribution in [0.25, 0.3) is 0 Å². The Morgan fingerprint density at radius 1 is 1.15 bits per heavy atom. The molecule has 0 saturated carbocycles. The van der Waals surface area contributed by atoms with Crippen molar-refractivity contribution in [1.82, 2.24) is 20.4 Å². The van der Waals surface area contributed by atoms with E-state index < -0.39 is 0 Å². The maximum Gasteiger partial charge on any atom is 0.252 e. The maximum absolute atomic E-state index is 11.8. The van der Waals surface area contributed by atoms with Gasteiger partial charge in [0.05, 0.1) is 18.0 Å². The second-order valence-electron chi connectivity index (χ2n) is 5.35. The molecule has 1 fully saturated rings. The molecule has 5 nitrogen and oxygen atoms in total. The van der Waals surface area contributed by atoms with Crippen LogP contribution in [0.3, 0.4) is 0 Å². The van der Waals surface area contributed by atoms with E-state index in [9.17, 15) is 4.79 Å². The van der Waals surface area contributed by atoms with Crippen LogP contribution in [-0.4, -0.2) is 47.2 Å². The van der Waals surface area contributed by atoms with Gasteiger partial charge in [0.25, 0.3) is 5.91 Å². The number of hydrogen-bond donors (Lipinski definition) is 1. The van der Waals surface area contributed by atoms with E-state index in [1.807, 2.05) is 0 Å². The fraction of sp³-hybridized carbons (Fsp3) is 0.667. The first kappa shape index (κ1) is 14.9. The molecule has 1 N–H and O–H groups in total. The van der Waals surface area contributed by atoms with Gasteiger partial charge < -0.3 is 10.2 Å². The van der Waals surface area contributed by atoms with Crippen LogP contribution in [0.5, 0.6) is 0 Å². The summed E-state index contributed by atoms with van der Waals surface area (Å²) in [4.78, 5) is 14.3. The van der Waals surface area contributed by atoms with E-state index >= 15 is 0 Å². The number of carbonyl (C=O) groups is 1. The molecule has 0 unspecified atom stereocenters. The highest BCUT2D eigenvalue weighted by molar-refractivity contribution is 5.93. The van der Waals surface area contributed by atoms with Crippen molar-refractivity contribution in [3.8, 4) is 0 Å². The second kappa shape index (κ2) is 8.64. The summed E-state index contributed by atoms with van der Waals surface area (Å²) in [6, 6.07) is 1.68. The number of carbonyl (C=O) groups excluding carboxylic acids is 1. The third kappa shape index (κ3) is 5.25. The lowest BCUT2D eigenvalue weighted by atomic mass is 10.2. The monoisotopic (exact) mass is 276 g/mol. The van der Waals surface area contributed by atoms with E-state index in [0.717, 1.165) is 25.9 Å². The van der Waals surface area contributed by atoms with E-state index in [1.165, 1.54) is 51.2 Å². The van der Waals surface area contributed by atoms with E-state index in [4.69, 9.17) is 0 Å². The largest absolute Gasteiger partial charge is 0.352 e. The Morgan fingerprint density at radius 3 is 2.65 bits per heavy atom. The maximum atomic E-state index is 11.8. The van der Waals surface area contributed by atoms with Crippen molar-refractivity contribution >= 4 is 5.91 Å². The van der Waals surface area contributed by atoms with Gasteiger partial charge in [-0.3, -0.25) is 4.79 Å². The van der Waals surface area contributed by atoms with Crippen LogP contribution in [0, 0.1) is 0 Å². The SMILES string of the molecule is O=C(NCCCCN1CCCCCC1)c1ccnnc1. The number of hydrogen-bond acceptors (Lipinski definition) is 4. The highest BCUT2D eigenvalue weighted by Crippen LogP contribution is 2.10. The minimum atomic E-state index is -0.0605. The summed E-state index contributed by atoms with van der Waals surface area (Å²) in [5.41, 5.74) is 0.576. The lowest BCUT2D eigenvalue weighted by Crippen LogP contribution is -2.28. The van der Waals surface area contributed by atoms with Crippen molar-refractivity contribution in [3.05, 3.63) is 24.0 Å². The molecule has 2 heterocycles. The highest BCUT2D eigenvalue weighted by atomic mass is 16.1. The standard InChI is InChI=1S/C15H24N4O/c20-15(14-7-9-17-18-13-14)16-8-3-6-12-19-10-4-1-2-5-11-19/h7,9,13H,1-6,8,10-12H2,(H,16,20). The summed E-state index contributed by atoms with van der Waals surface area (Å²) in [7, 11) is 0. The topological polar surface area (TPSA) is 58.1 Å². The molecule has 0 bridgehead atoms. The molecule has 0 atom stereocenters. The van der Waals surface area contributed by atoms with Crippen LogP contribution in [0.2, 0.25) is 0 Å². The Morgan fingerprint density at radius 2 is 1.95 bits per heavy atom. The van der Waals surface area contributed by atoms with Gasteiger partial charge in [0.15, 0.2) is 0 Å². The van der Waals surface area contributed by atoms with Gasteiger partial charge >= 0.3 is 0 Å². The smallest absolute Gasteiger partial charge is 0.252 e. The van der Waals surface area contributed by atoms with Gasteiger partial charge in [-0.05, 0) is 51.4 Å². The number of likely N-dealkylation sites (tertiary alicyclic amines) is 1. The summed E-state index contributed by atoms with van der Waals surface area (Å²) < 4.78 is 0. The summed E-state index contributed by atoms with van der Waals surface area (Å²) in [6.07, 6.45) is 10.6. The zero-order valence-electron chi connectivity index (χ0n) is 12.1. The Kier molecular flexibility index (Phi) is 6.44. The lowest BCUT2D eigenvalue weighted by molar-refractivity contribution is 0.0952. The van der Waals surface area contributed by atoms with Crippen LogP contribution < -0.4 is 5.32 Å². The normalized spacial score (nSPS) is 16.6. The van der Waals surface area contributed by atoms with Crippen LogP contribution in [0.1, 0.15) is 48.9 Å². The second-order valence-corrected chi connectivity index (χ2v) is 5.35. The molecular weight excluding hydrogens is 252 g/mol. The average Bonchev–Trinajstić information content (AvgIpc) is 2.76. The third-order valence-electron chi connectivity index (χ3n) is 3.73. The molecule has 1 aromatic rings. The fourth-order valence-electron chi connectivity index (χ4n) is 2.55. The van der Waals surface area contributed by atoms with Gasteiger partial charge in [0, 0.05) is 6.54 Å². The number of amides is 1. The molecule has 1 amide bonds. The predicted molar refractivity (Wildman–Crippen MR) is 78.5 cm³/mol. The summed E-state index contributed by atoms with van der Waals surface area (Å²) in [5.74, 6) is -0.0605. The van der Waals surface area contributed by atoms with E-state index in [0.29, 0.717) is 5.56 Å². The molecule has 110 valence electrons. The van der Waals surface area contributed by atoms with Gasteiger partial charge in [-0.15, -0.1) is 0 Å². The first-order chi connectivity index (χ1) is 9.86. The average molecular weight is 276 g/mol. The van der Waals surface area contributed by atoms with Gasteiger partial charge in [0.2, 0.25) is 0 Å². The molecule has 1 saturated heterocycles. The lowest BCUT2D eigenvalue weighted by Gasteiger charge is -2.19. The van der Waals surface area contributed by atoms with Crippen molar-refractivity contribution in [2.75, 3.05) is 26.2 Å². The Balaban J connectivity index is 1.56. The zero-order chi connectivity index (χ0) is 14.0. The first-order valence-corrected chi connectivity index (χ1v) is 7.63. The van der Waals surface area contributed by atoms with Crippen molar-refractivity contribution in [2.45, 2.75) is 38.5 Å². The van der Waals surface area contributed by atoms with Crippen LogP contribution in [0.4, 0.5) is 0 Å². The highest BCUT2D eigenvalue weighted by Gasteiger charge is 2.08. The number of unbranched alkanes of at least 4 members (excludes halogenated alkanes) is 1. The number of nitrogens with zero attached hydrogens (tertiary/aromatic N) is 3. The van der Waals surface area contributed by atoms with Gasteiger partial charge in [-0.25, -0.2) is 0 Å². The molecule has 5 heteroatoms. The van der Waals surface area contributed by atoms with Crippen LogP contribution in [-0.2, 0) is 0 Å². The summed E-state index contributed by atoms with van der Waals surface area (Å²) >= 11 is 0. The molecule has 1 aliphatic heterocycles. The number of nitrogens with one attached hydrogen (secondary N) is 1. The van der Waals surface area contributed by atoms with E-state index in [-0.39, 0.29) is 5.91 Å². The number of rotatable bonds is 6. The third-order valence-corrected chi connectivity index (χ3v) is 3.73. The molecule has 0 spiro atoms. The fourth-order valence-corrected chi connectivity index (χ4v) is 2.55. The Bertz CT molecular complexity index is 388. The Hall–Kier alpha value is -1.49. The van der Waals surface area contributed by atoms with Crippen molar-refractivity contribution in [2.24, 2.45) is 0 Å². The van der Waals surface area contributed by atoms with Crippen LogP contribution >= 0.6 is 0 Å². The van der Waals surface area contributed by atoms with Gasteiger partial charge in [-0.1, -0.05) is 12.8 Å². The van der Waals surface area contributed by atoms with Gasteiger partial charge in [-0.2, -0.15) is 10.2 Å². The quantitative estimate of drug-likeness (QED) is 0.806. The minimum Gasteiger partial charge on any atom is -0.352 e. The first-order valence-electron chi connectivity index (χ1n) is 7.63. The molecule has 0 aromatic carbocycles. The van der Waals surface area contributed by atoms with Crippen molar-refractivity contribution in [3.63, 3.8) is 0 Å². The molecule has 20 heavy (non-hydrogen) atoms.